The molecule has 0 aromatic rings. The van der Waals surface area contributed by atoms with Crippen LogP contribution in [0, 0.1) is 5.92 Å². The number of amides is 1. The van der Waals surface area contributed by atoms with E-state index in [4.69, 9.17) is 9.47 Å². The van der Waals surface area contributed by atoms with Crippen molar-refractivity contribution in [3.8, 4) is 0 Å². The molecule has 104 valence electrons. The normalized spacial score (nSPS) is 35.9. The van der Waals surface area contributed by atoms with Gasteiger partial charge in [0.1, 0.15) is 0 Å². The zero-order chi connectivity index (χ0) is 13.0. The van der Waals surface area contributed by atoms with E-state index in [0.717, 1.165) is 26.0 Å². The van der Waals surface area contributed by atoms with Crippen LogP contribution in [-0.2, 0) is 14.3 Å². The van der Waals surface area contributed by atoms with Crippen LogP contribution in [0.5, 0.6) is 0 Å². The van der Waals surface area contributed by atoms with Gasteiger partial charge in [-0.3, -0.25) is 4.79 Å². The summed E-state index contributed by atoms with van der Waals surface area (Å²) in [6, 6.07) is 0.146. The molecule has 2 rings (SSSR count). The highest BCUT2D eigenvalue weighted by molar-refractivity contribution is 5.80. The first-order valence-electron chi connectivity index (χ1n) is 6.87. The lowest BCUT2D eigenvalue weighted by atomic mass is 10.00. The van der Waals surface area contributed by atoms with E-state index in [1.54, 1.807) is 0 Å². The monoisotopic (exact) mass is 256 g/mol. The van der Waals surface area contributed by atoms with Crippen LogP contribution in [0.4, 0.5) is 0 Å². The lowest BCUT2D eigenvalue weighted by Crippen LogP contribution is -2.47. The largest absolute Gasteiger partial charge is 0.379 e. The summed E-state index contributed by atoms with van der Waals surface area (Å²) in [6.07, 6.45) is 2.10. The Hall–Kier alpha value is -0.650. The van der Waals surface area contributed by atoms with Gasteiger partial charge in [-0.1, -0.05) is 6.92 Å². The molecule has 2 fully saturated rings. The molecule has 5 nitrogen and oxygen atoms in total. The molecule has 0 aliphatic carbocycles. The van der Waals surface area contributed by atoms with Gasteiger partial charge in [0, 0.05) is 19.2 Å². The van der Waals surface area contributed by atoms with Crippen LogP contribution >= 0.6 is 0 Å². The molecule has 5 heteroatoms. The van der Waals surface area contributed by atoms with Crippen LogP contribution in [0.3, 0.4) is 0 Å². The number of ether oxygens (including phenoxy) is 2. The number of hydrogen-bond donors (Lipinski definition) is 2. The third-order valence-corrected chi connectivity index (χ3v) is 3.82. The smallest absolute Gasteiger partial charge is 0.227 e. The summed E-state index contributed by atoms with van der Waals surface area (Å²) >= 11 is 0. The fourth-order valence-corrected chi connectivity index (χ4v) is 2.66. The van der Waals surface area contributed by atoms with Crippen LogP contribution in [0.25, 0.3) is 0 Å². The van der Waals surface area contributed by atoms with Crippen LogP contribution in [0.2, 0.25) is 0 Å². The molecule has 0 bridgehead atoms. The van der Waals surface area contributed by atoms with Crippen LogP contribution in [0.15, 0.2) is 0 Å². The van der Waals surface area contributed by atoms with Gasteiger partial charge in [-0.2, -0.15) is 0 Å². The Labute approximate surface area is 109 Å². The minimum Gasteiger partial charge on any atom is -0.379 e. The minimum absolute atomic E-state index is 0.0741. The Morgan fingerprint density at radius 2 is 2.28 bits per heavy atom. The third kappa shape index (κ3) is 3.22. The predicted octanol–water partition coefficient (Wildman–Crippen LogP) is 0.296. The first-order chi connectivity index (χ1) is 8.64. The molecule has 18 heavy (non-hydrogen) atoms. The van der Waals surface area contributed by atoms with Crippen molar-refractivity contribution in [2.24, 2.45) is 5.92 Å². The molecule has 2 aliphatic rings. The van der Waals surface area contributed by atoms with Gasteiger partial charge in [-0.05, 0) is 26.3 Å². The number of hydrogen-bond acceptors (Lipinski definition) is 4. The number of carbonyl (C=O) groups is 1. The van der Waals surface area contributed by atoms with Crippen molar-refractivity contribution in [1.82, 2.24) is 10.6 Å². The maximum Gasteiger partial charge on any atom is 0.227 e. The van der Waals surface area contributed by atoms with Crippen molar-refractivity contribution in [1.29, 1.82) is 0 Å². The van der Waals surface area contributed by atoms with Gasteiger partial charge in [0.05, 0.1) is 24.7 Å². The molecule has 0 saturated carbocycles. The molecule has 0 radical (unpaired) electrons. The van der Waals surface area contributed by atoms with E-state index < -0.39 is 0 Å². The second kappa shape index (κ2) is 5.99. The van der Waals surface area contributed by atoms with Gasteiger partial charge >= 0.3 is 0 Å². The standard InChI is InChI=1S/C13H24N2O3/c1-3-14-11-8-17-7-10(11)12(16)15-9-13(2)5-4-6-18-13/h10-11,14H,3-9H2,1-2H3,(H,15,16). The zero-order valence-electron chi connectivity index (χ0n) is 11.3. The van der Waals surface area contributed by atoms with Gasteiger partial charge in [0.25, 0.3) is 0 Å². The molecular weight excluding hydrogens is 232 g/mol. The topological polar surface area (TPSA) is 59.6 Å². The molecule has 1 amide bonds. The molecule has 0 aromatic carbocycles. The average molecular weight is 256 g/mol. The van der Waals surface area contributed by atoms with Crippen LogP contribution < -0.4 is 10.6 Å². The quantitative estimate of drug-likeness (QED) is 0.742. The van der Waals surface area contributed by atoms with E-state index in [2.05, 4.69) is 17.6 Å². The zero-order valence-corrected chi connectivity index (χ0v) is 11.3. The minimum atomic E-state index is -0.178. The fraction of sp³-hybridized carbons (Fsp3) is 0.923. The molecule has 0 spiro atoms. The molecule has 2 heterocycles. The summed E-state index contributed by atoms with van der Waals surface area (Å²) < 4.78 is 11.1. The molecule has 2 N–H and O–H groups in total. The Balaban J connectivity index is 1.80. The van der Waals surface area contributed by atoms with Gasteiger partial charge in [-0.15, -0.1) is 0 Å². The Kier molecular flexibility index (Phi) is 4.59. The van der Waals surface area contributed by atoms with E-state index in [1.807, 2.05) is 6.92 Å². The van der Waals surface area contributed by atoms with Gasteiger partial charge in [0.2, 0.25) is 5.91 Å². The fourth-order valence-electron chi connectivity index (χ4n) is 2.66. The van der Waals surface area contributed by atoms with Gasteiger partial charge < -0.3 is 20.1 Å². The summed E-state index contributed by atoms with van der Waals surface area (Å²) in [5.41, 5.74) is -0.178. The van der Waals surface area contributed by atoms with E-state index in [9.17, 15) is 4.79 Å². The summed E-state index contributed by atoms with van der Waals surface area (Å²) in [7, 11) is 0. The number of rotatable bonds is 5. The SMILES string of the molecule is CCNC1COCC1C(=O)NCC1(C)CCCO1. The van der Waals surface area contributed by atoms with Crippen molar-refractivity contribution >= 4 is 5.91 Å². The predicted molar refractivity (Wildman–Crippen MR) is 68.4 cm³/mol. The molecule has 0 aromatic heterocycles. The van der Waals surface area contributed by atoms with Crippen molar-refractivity contribution in [2.75, 3.05) is 32.9 Å². The highest BCUT2D eigenvalue weighted by Crippen LogP contribution is 2.24. The van der Waals surface area contributed by atoms with E-state index in [1.165, 1.54) is 0 Å². The number of nitrogens with one attached hydrogen (secondary N) is 2. The second-order valence-corrected chi connectivity index (χ2v) is 5.43. The van der Waals surface area contributed by atoms with Crippen LogP contribution in [0.1, 0.15) is 26.7 Å². The summed E-state index contributed by atoms with van der Waals surface area (Å²) in [5.74, 6) is 0.00475. The molecule has 3 unspecified atom stereocenters. The van der Waals surface area contributed by atoms with E-state index in [0.29, 0.717) is 19.8 Å². The first kappa shape index (κ1) is 13.8. The molecular formula is C13H24N2O3. The van der Waals surface area contributed by atoms with Crippen LogP contribution in [-0.4, -0.2) is 50.5 Å². The maximum absolute atomic E-state index is 12.1. The number of likely N-dealkylation sites (N-methyl/N-ethyl adjacent to an activating group) is 1. The molecule has 2 saturated heterocycles. The second-order valence-electron chi connectivity index (χ2n) is 5.43. The summed E-state index contributed by atoms with van der Waals surface area (Å²) in [6.45, 7) is 7.51. The van der Waals surface area contributed by atoms with Gasteiger partial charge in [-0.25, -0.2) is 0 Å². The lowest BCUT2D eigenvalue weighted by Gasteiger charge is -2.25. The number of carbonyl (C=O) groups excluding carboxylic acids is 1. The highest BCUT2D eigenvalue weighted by Gasteiger charge is 2.35. The summed E-state index contributed by atoms with van der Waals surface area (Å²) in [4.78, 5) is 12.1. The van der Waals surface area contributed by atoms with Crippen molar-refractivity contribution in [2.45, 2.75) is 38.3 Å². The maximum atomic E-state index is 12.1. The molecule has 2 aliphatic heterocycles. The van der Waals surface area contributed by atoms with Crippen molar-refractivity contribution < 1.29 is 14.3 Å². The van der Waals surface area contributed by atoms with E-state index >= 15 is 0 Å². The first-order valence-corrected chi connectivity index (χ1v) is 6.87. The van der Waals surface area contributed by atoms with Crippen molar-refractivity contribution in [3.63, 3.8) is 0 Å². The molecule has 3 atom stereocenters. The average Bonchev–Trinajstić information content (AvgIpc) is 2.97. The Bertz CT molecular complexity index is 290. The van der Waals surface area contributed by atoms with Crippen molar-refractivity contribution in [3.05, 3.63) is 0 Å². The third-order valence-electron chi connectivity index (χ3n) is 3.82. The van der Waals surface area contributed by atoms with Gasteiger partial charge in [0.15, 0.2) is 0 Å². The Morgan fingerprint density at radius 1 is 1.44 bits per heavy atom. The highest BCUT2D eigenvalue weighted by atomic mass is 16.5. The lowest BCUT2D eigenvalue weighted by molar-refractivity contribution is -0.126. The summed E-state index contributed by atoms with van der Waals surface area (Å²) in [5, 5.41) is 6.31. The van der Waals surface area contributed by atoms with E-state index in [-0.39, 0.29) is 23.5 Å². The Morgan fingerprint density at radius 3 is 2.94 bits per heavy atom.